The first-order valence-corrected chi connectivity index (χ1v) is 10.9. The van der Waals surface area contributed by atoms with E-state index in [0.717, 1.165) is 49.9 Å². The van der Waals surface area contributed by atoms with E-state index in [0.29, 0.717) is 0 Å². The molecule has 0 unspecified atom stereocenters. The maximum atomic E-state index is 5.72. The minimum absolute atomic E-state index is 0.740. The molecule has 2 aromatic carbocycles. The standard InChI is InChI=1S/C24H29N5S/c1-20-10-11-21(2)23(17-20)28-18-25-29(24(28)30)19-27-15-13-26(14-16-27)12-6-9-22-7-4-3-5-8-22/h3-11,17-18H,12-16,19H2,1-2H3. The number of hydrogen-bond donors (Lipinski definition) is 0. The van der Waals surface area contributed by atoms with E-state index in [1.54, 1.807) is 0 Å². The first-order chi connectivity index (χ1) is 14.6. The van der Waals surface area contributed by atoms with Gasteiger partial charge in [-0.2, -0.15) is 5.10 Å². The molecule has 1 aliphatic heterocycles. The molecular weight excluding hydrogens is 390 g/mol. The third kappa shape index (κ3) is 4.95. The van der Waals surface area contributed by atoms with Crippen LogP contribution in [0.5, 0.6) is 0 Å². The van der Waals surface area contributed by atoms with Gasteiger partial charge in [-0.25, -0.2) is 4.68 Å². The minimum Gasteiger partial charge on any atom is -0.297 e. The van der Waals surface area contributed by atoms with Gasteiger partial charge in [0.05, 0.1) is 12.4 Å². The first kappa shape index (κ1) is 20.7. The average molecular weight is 420 g/mol. The van der Waals surface area contributed by atoms with Gasteiger partial charge in [0, 0.05) is 32.7 Å². The Bertz CT molecular complexity index is 1060. The lowest BCUT2D eigenvalue weighted by molar-refractivity contribution is 0.110. The van der Waals surface area contributed by atoms with E-state index in [1.165, 1.54) is 16.7 Å². The summed E-state index contributed by atoms with van der Waals surface area (Å²) >= 11 is 5.72. The van der Waals surface area contributed by atoms with E-state index in [1.807, 2.05) is 21.6 Å². The van der Waals surface area contributed by atoms with Crippen LogP contribution in [0.25, 0.3) is 11.8 Å². The van der Waals surface area contributed by atoms with Crippen molar-refractivity contribution in [3.63, 3.8) is 0 Å². The van der Waals surface area contributed by atoms with Gasteiger partial charge in [0.25, 0.3) is 0 Å². The first-order valence-electron chi connectivity index (χ1n) is 10.5. The molecule has 6 heteroatoms. The second-order valence-electron chi connectivity index (χ2n) is 7.95. The van der Waals surface area contributed by atoms with E-state index in [2.05, 4.69) is 83.4 Å². The van der Waals surface area contributed by atoms with Crippen LogP contribution in [0.4, 0.5) is 0 Å². The molecule has 156 valence electrons. The summed E-state index contributed by atoms with van der Waals surface area (Å²) in [6.45, 7) is 10.1. The van der Waals surface area contributed by atoms with E-state index in [-0.39, 0.29) is 0 Å². The quantitative estimate of drug-likeness (QED) is 0.557. The minimum atomic E-state index is 0.740. The highest BCUT2D eigenvalue weighted by atomic mass is 32.1. The molecule has 1 aliphatic rings. The Hall–Kier alpha value is -2.54. The Morgan fingerprint density at radius 3 is 2.47 bits per heavy atom. The second-order valence-corrected chi connectivity index (χ2v) is 8.31. The molecule has 4 rings (SSSR count). The van der Waals surface area contributed by atoms with Crippen molar-refractivity contribution in [3.8, 4) is 5.69 Å². The van der Waals surface area contributed by atoms with E-state index in [9.17, 15) is 0 Å². The van der Waals surface area contributed by atoms with Crippen molar-refractivity contribution >= 4 is 18.3 Å². The second kappa shape index (κ2) is 9.51. The Morgan fingerprint density at radius 1 is 0.967 bits per heavy atom. The maximum absolute atomic E-state index is 5.72. The van der Waals surface area contributed by atoms with Crippen molar-refractivity contribution < 1.29 is 0 Å². The van der Waals surface area contributed by atoms with Crippen molar-refractivity contribution in [1.82, 2.24) is 24.1 Å². The molecule has 1 saturated heterocycles. The lowest BCUT2D eigenvalue weighted by Gasteiger charge is -2.33. The van der Waals surface area contributed by atoms with E-state index in [4.69, 9.17) is 12.2 Å². The van der Waals surface area contributed by atoms with Crippen molar-refractivity contribution in [2.24, 2.45) is 0 Å². The molecule has 0 amide bonds. The number of nitrogens with zero attached hydrogens (tertiary/aromatic N) is 5. The topological polar surface area (TPSA) is 29.2 Å². The molecule has 5 nitrogen and oxygen atoms in total. The van der Waals surface area contributed by atoms with Gasteiger partial charge in [-0.1, -0.05) is 54.6 Å². The number of aryl methyl sites for hydroxylation is 2. The normalized spacial score (nSPS) is 15.8. The molecule has 0 radical (unpaired) electrons. The summed E-state index contributed by atoms with van der Waals surface area (Å²) in [4.78, 5) is 4.91. The lowest BCUT2D eigenvalue weighted by Crippen LogP contribution is -2.46. The van der Waals surface area contributed by atoms with Crippen LogP contribution in [0.2, 0.25) is 0 Å². The summed E-state index contributed by atoms with van der Waals surface area (Å²) < 4.78 is 4.70. The van der Waals surface area contributed by atoms with Gasteiger partial charge in [-0.3, -0.25) is 14.4 Å². The van der Waals surface area contributed by atoms with Crippen LogP contribution in [-0.2, 0) is 6.67 Å². The summed E-state index contributed by atoms with van der Waals surface area (Å²) in [7, 11) is 0. The smallest absolute Gasteiger partial charge is 0.203 e. The zero-order chi connectivity index (χ0) is 20.9. The Labute approximate surface area is 183 Å². The maximum Gasteiger partial charge on any atom is 0.203 e. The van der Waals surface area contributed by atoms with Gasteiger partial charge >= 0.3 is 0 Å². The van der Waals surface area contributed by atoms with Crippen LogP contribution in [-0.4, -0.2) is 56.9 Å². The summed E-state index contributed by atoms with van der Waals surface area (Å²) in [6, 6.07) is 16.9. The van der Waals surface area contributed by atoms with Crippen LogP contribution < -0.4 is 0 Å². The highest BCUT2D eigenvalue weighted by Gasteiger charge is 2.17. The molecule has 0 atom stereocenters. The summed E-state index contributed by atoms with van der Waals surface area (Å²) in [5, 5.41) is 4.57. The predicted molar refractivity (Wildman–Crippen MR) is 125 cm³/mol. The monoisotopic (exact) mass is 419 g/mol. The van der Waals surface area contributed by atoms with Gasteiger partial charge in [-0.15, -0.1) is 0 Å². The fraction of sp³-hybridized carbons (Fsp3) is 0.333. The van der Waals surface area contributed by atoms with Gasteiger partial charge in [0.15, 0.2) is 0 Å². The molecule has 1 aromatic heterocycles. The molecule has 0 bridgehead atoms. The molecule has 30 heavy (non-hydrogen) atoms. The fourth-order valence-electron chi connectivity index (χ4n) is 3.78. The van der Waals surface area contributed by atoms with Gasteiger partial charge in [0.1, 0.15) is 6.33 Å². The van der Waals surface area contributed by atoms with E-state index >= 15 is 0 Å². The number of piperazine rings is 1. The fourth-order valence-corrected chi connectivity index (χ4v) is 4.03. The van der Waals surface area contributed by atoms with Gasteiger partial charge < -0.3 is 0 Å². The summed E-state index contributed by atoms with van der Waals surface area (Å²) in [5.74, 6) is 0. The lowest BCUT2D eigenvalue weighted by atomic mass is 10.1. The van der Waals surface area contributed by atoms with Crippen molar-refractivity contribution in [2.75, 3.05) is 32.7 Å². The zero-order valence-corrected chi connectivity index (χ0v) is 18.6. The Kier molecular flexibility index (Phi) is 6.57. The predicted octanol–water partition coefficient (Wildman–Crippen LogP) is 4.31. The molecule has 0 saturated carbocycles. The molecule has 0 N–H and O–H groups in total. The Balaban J connectivity index is 1.32. The van der Waals surface area contributed by atoms with E-state index < -0.39 is 0 Å². The van der Waals surface area contributed by atoms with Crippen molar-refractivity contribution in [3.05, 3.63) is 82.4 Å². The molecular formula is C24H29N5S. The highest BCUT2D eigenvalue weighted by Crippen LogP contribution is 2.16. The zero-order valence-electron chi connectivity index (χ0n) is 17.7. The third-order valence-corrected chi connectivity index (χ3v) is 6.04. The van der Waals surface area contributed by atoms with Crippen LogP contribution in [0.15, 0.2) is 60.9 Å². The van der Waals surface area contributed by atoms with Gasteiger partial charge in [-0.05, 0) is 48.8 Å². The van der Waals surface area contributed by atoms with Crippen LogP contribution in [0.3, 0.4) is 0 Å². The average Bonchev–Trinajstić information content (AvgIpc) is 3.12. The highest BCUT2D eigenvalue weighted by molar-refractivity contribution is 7.71. The van der Waals surface area contributed by atoms with Crippen LogP contribution in [0, 0.1) is 18.6 Å². The largest absolute Gasteiger partial charge is 0.297 e. The van der Waals surface area contributed by atoms with Crippen LogP contribution in [0.1, 0.15) is 16.7 Å². The number of rotatable bonds is 6. The van der Waals surface area contributed by atoms with Crippen molar-refractivity contribution in [2.45, 2.75) is 20.5 Å². The van der Waals surface area contributed by atoms with Gasteiger partial charge in [0.2, 0.25) is 4.77 Å². The molecule has 0 spiro atoms. The molecule has 1 fully saturated rings. The summed E-state index contributed by atoms with van der Waals surface area (Å²) in [6.07, 6.45) is 6.30. The SMILES string of the molecule is Cc1ccc(C)c(-n2cnn(CN3CCN(CC=Cc4ccccc4)CC3)c2=S)c1. The molecule has 0 aliphatic carbocycles. The third-order valence-electron chi connectivity index (χ3n) is 5.63. The van der Waals surface area contributed by atoms with Crippen LogP contribution >= 0.6 is 12.2 Å². The summed E-state index contributed by atoms with van der Waals surface area (Å²) in [5.41, 5.74) is 4.79. The Morgan fingerprint density at radius 2 is 1.70 bits per heavy atom. The molecule has 2 heterocycles. The number of hydrogen-bond acceptors (Lipinski definition) is 4. The number of benzene rings is 2. The number of aromatic nitrogens is 3. The molecule has 3 aromatic rings. The van der Waals surface area contributed by atoms with Crippen molar-refractivity contribution in [1.29, 1.82) is 0 Å².